The van der Waals surface area contributed by atoms with E-state index in [9.17, 15) is 4.79 Å². The number of ether oxygens (including phenoxy) is 1. The van der Waals surface area contributed by atoms with Gasteiger partial charge in [-0.25, -0.2) is 0 Å². The summed E-state index contributed by atoms with van der Waals surface area (Å²) >= 11 is 5.92. The van der Waals surface area contributed by atoms with Crippen LogP contribution in [0.2, 0.25) is 0 Å². The van der Waals surface area contributed by atoms with Crippen molar-refractivity contribution in [1.29, 1.82) is 0 Å². The molecule has 0 saturated carbocycles. The molecule has 1 aliphatic rings. The number of nitrogens with one attached hydrogen (secondary N) is 2. The molecule has 0 spiro atoms. The smallest absolute Gasteiger partial charge is 0.262 e. The Morgan fingerprint density at radius 3 is 2.40 bits per heavy atom. The number of hydrogen-bond acceptors (Lipinski definition) is 4. The lowest BCUT2D eigenvalue weighted by Gasteiger charge is -2.29. The van der Waals surface area contributed by atoms with Crippen LogP contribution in [-0.2, 0) is 4.79 Å². The van der Waals surface area contributed by atoms with Crippen molar-refractivity contribution in [3.8, 4) is 11.4 Å². The van der Waals surface area contributed by atoms with Crippen LogP contribution in [0.3, 0.4) is 0 Å². The zero-order valence-corrected chi connectivity index (χ0v) is 24.2. The quantitative estimate of drug-likeness (QED) is 0.202. The second-order valence-electron chi connectivity index (χ2n) is 10.3. The van der Waals surface area contributed by atoms with E-state index in [0.29, 0.717) is 16.5 Å². The first kappa shape index (κ1) is 27.2. The van der Waals surface area contributed by atoms with E-state index in [1.165, 1.54) is 11.1 Å². The van der Waals surface area contributed by atoms with Crippen molar-refractivity contribution in [2.75, 3.05) is 16.8 Å². The Balaban J connectivity index is 1.29. The molecule has 0 radical (unpaired) electrons. The van der Waals surface area contributed by atoms with Gasteiger partial charge in [-0.05, 0) is 110 Å². The summed E-state index contributed by atoms with van der Waals surface area (Å²) in [7, 11) is 0. The summed E-state index contributed by atoms with van der Waals surface area (Å²) in [6, 6.07) is 33.3. The van der Waals surface area contributed by atoms with Crippen molar-refractivity contribution < 1.29 is 9.53 Å². The molecule has 2 N–H and O–H groups in total. The molecule has 3 aromatic carbocycles. The summed E-state index contributed by atoms with van der Waals surface area (Å²) in [6.07, 6.45) is 3.89. The normalized spacial score (nSPS) is 16.2. The van der Waals surface area contributed by atoms with Crippen molar-refractivity contribution >= 4 is 34.6 Å². The molecule has 0 bridgehead atoms. The van der Waals surface area contributed by atoms with Crippen molar-refractivity contribution in [3.05, 3.63) is 138 Å². The van der Waals surface area contributed by atoms with Gasteiger partial charge < -0.3 is 24.8 Å². The minimum atomic E-state index is -0.232. The molecule has 0 unspecified atom stereocenters. The number of anilines is 2. The summed E-state index contributed by atoms with van der Waals surface area (Å²) in [5.41, 5.74) is 7.14. The Labute approximate surface area is 250 Å². The topological polar surface area (TPSA) is 71.4 Å². The highest BCUT2D eigenvalue weighted by Gasteiger charge is 2.42. The van der Waals surface area contributed by atoms with E-state index in [-0.39, 0.29) is 24.6 Å². The molecule has 6 rings (SSSR count). The number of amides is 1. The summed E-state index contributed by atoms with van der Waals surface area (Å²) in [5, 5.41) is 7.05. The molecule has 2 aromatic heterocycles. The second-order valence-corrected chi connectivity index (χ2v) is 10.7. The Kier molecular flexibility index (Phi) is 7.70. The lowest BCUT2D eigenvalue weighted by Crippen LogP contribution is -2.30. The number of pyridine rings is 1. The Bertz CT molecular complexity index is 1700. The minimum absolute atomic E-state index is 0.0742. The standard InChI is InChI=1S/C34H31N5O2S/c1-23-13-16-27(21-24(23)2)38-20-8-12-30(38)33-32(29-11-6-7-19-35-29)37-34(42)39(33)26-17-14-25(15-18-26)36-31(40)22-41-28-9-4-3-5-10-28/h3-21,32-33H,22H2,1-2H3,(H,36,40)(H,37,42)/t32-,33+/m1/s1. The predicted molar refractivity (Wildman–Crippen MR) is 170 cm³/mol. The number of hydrogen-bond donors (Lipinski definition) is 2. The van der Waals surface area contributed by atoms with Gasteiger partial charge in [0.15, 0.2) is 11.7 Å². The summed E-state index contributed by atoms with van der Waals surface area (Å²) < 4.78 is 7.80. The molecule has 1 saturated heterocycles. The van der Waals surface area contributed by atoms with E-state index in [2.05, 4.69) is 75.5 Å². The molecule has 1 amide bonds. The maximum atomic E-state index is 12.5. The molecular weight excluding hydrogens is 542 g/mol. The van der Waals surface area contributed by atoms with Gasteiger partial charge in [0.2, 0.25) is 0 Å². The van der Waals surface area contributed by atoms with E-state index < -0.39 is 0 Å². The Morgan fingerprint density at radius 2 is 1.67 bits per heavy atom. The van der Waals surface area contributed by atoms with E-state index in [0.717, 1.165) is 22.8 Å². The van der Waals surface area contributed by atoms with Gasteiger partial charge in [0.25, 0.3) is 5.91 Å². The van der Waals surface area contributed by atoms with Gasteiger partial charge in [-0.15, -0.1) is 0 Å². The predicted octanol–water partition coefficient (Wildman–Crippen LogP) is 6.68. The van der Waals surface area contributed by atoms with Crippen molar-refractivity contribution in [2.24, 2.45) is 0 Å². The highest BCUT2D eigenvalue weighted by atomic mass is 32.1. The van der Waals surface area contributed by atoms with Gasteiger partial charge in [-0.2, -0.15) is 0 Å². The SMILES string of the molecule is Cc1ccc(-n2cccc2[C@H]2[C@@H](c3ccccn3)NC(=S)N2c2ccc(NC(=O)COc3ccccc3)cc2)cc1C. The lowest BCUT2D eigenvalue weighted by molar-refractivity contribution is -0.118. The molecule has 42 heavy (non-hydrogen) atoms. The molecular formula is C34H31N5O2S. The molecule has 0 aliphatic carbocycles. The number of para-hydroxylation sites is 1. The first-order valence-electron chi connectivity index (χ1n) is 13.8. The number of carbonyl (C=O) groups excluding carboxylic acids is 1. The number of aryl methyl sites for hydroxylation is 2. The highest BCUT2D eigenvalue weighted by Crippen LogP contribution is 2.42. The third-order valence-corrected chi connectivity index (χ3v) is 7.81. The Hall–Kier alpha value is -4.95. The lowest BCUT2D eigenvalue weighted by atomic mass is 10.0. The van der Waals surface area contributed by atoms with E-state index in [1.807, 2.05) is 72.8 Å². The monoisotopic (exact) mass is 573 g/mol. The van der Waals surface area contributed by atoms with Crippen LogP contribution >= 0.6 is 12.2 Å². The zero-order chi connectivity index (χ0) is 29.1. The second kappa shape index (κ2) is 11.9. The molecule has 7 nitrogen and oxygen atoms in total. The summed E-state index contributed by atoms with van der Waals surface area (Å²) in [4.78, 5) is 19.3. The maximum Gasteiger partial charge on any atom is 0.262 e. The van der Waals surface area contributed by atoms with Crippen LogP contribution < -0.4 is 20.3 Å². The van der Waals surface area contributed by atoms with Crippen LogP contribution in [0.5, 0.6) is 5.75 Å². The zero-order valence-electron chi connectivity index (χ0n) is 23.4. The maximum absolute atomic E-state index is 12.5. The molecule has 1 fully saturated rings. The van der Waals surface area contributed by atoms with Crippen LogP contribution in [0, 0.1) is 13.8 Å². The molecule has 3 heterocycles. The fraction of sp³-hybridized carbons (Fsp3) is 0.147. The van der Waals surface area contributed by atoms with Gasteiger partial charge >= 0.3 is 0 Å². The average molecular weight is 574 g/mol. The summed E-state index contributed by atoms with van der Waals surface area (Å²) in [6.45, 7) is 4.18. The van der Waals surface area contributed by atoms with Crippen LogP contribution in [0.1, 0.15) is 34.6 Å². The third kappa shape index (κ3) is 5.62. The number of thiocarbonyl (C=S) groups is 1. The average Bonchev–Trinajstić information content (AvgIpc) is 3.63. The van der Waals surface area contributed by atoms with Crippen molar-refractivity contribution in [1.82, 2.24) is 14.9 Å². The van der Waals surface area contributed by atoms with Gasteiger partial charge in [-0.1, -0.05) is 30.3 Å². The first-order valence-corrected chi connectivity index (χ1v) is 14.2. The van der Waals surface area contributed by atoms with Crippen LogP contribution in [0.25, 0.3) is 5.69 Å². The summed E-state index contributed by atoms with van der Waals surface area (Å²) in [5.74, 6) is 0.418. The highest BCUT2D eigenvalue weighted by molar-refractivity contribution is 7.80. The molecule has 210 valence electrons. The minimum Gasteiger partial charge on any atom is -0.484 e. The van der Waals surface area contributed by atoms with Crippen LogP contribution in [0.4, 0.5) is 11.4 Å². The van der Waals surface area contributed by atoms with Crippen molar-refractivity contribution in [2.45, 2.75) is 25.9 Å². The number of nitrogens with zero attached hydrogens (tertiary/aromatic N) is 3. The number of benzene rings is 3. The van der Waals surface area contributed by atoms with E-state index >= 15 is 0 Å². The Morgan fingerprint density at radius 1 is 0.905 bits per heavy atom. The molecule has 1 aliphatic heterocycles. The fourth-order valence-electron chi connectivity index (χ4n) is 5.25. The number of aromatic nitrogens is 2. The van der Waals surface area contributed by atoms with E-state index in [1.54, 1.807) is 6.20 Å². The molecule has 2 atom stereocenters. The molecule has 5 aromatic rings. The van der Waals surface area contributed by atoms with Crippen LogP contribution in [-0.4, -0.2) is 27.2 Å². The van der Waals surface area contributed by atoms with Gasteiger partial charge in [0.05, 0.1) is 11.7 Å². The van der Waals surface area contributed by atoms with Crippen molar-refractivity contribution in [3.63, 3.8) is 0 Å². The van der Waals surface area contributed by atoms with Gasteiger partial charge in [-0.3, -0.25) is 9.78 Å². The largest absolute Gasteiger partial charge is 0.484 e. The first-order chi connectivity index (χ1) is 20.5. The third-order valence-electron chi connectivity index (χ3n) is 7.49. The van der Waals surface area contributed by atoms with Gasteiger partial charge in [0, 0.05) is 35.1 Å². The number of carbonyl (C=O) groups is 1. The fourth-order valence-corrected chi connectivity index (χ4v) is 5.59. The van der Waals surface area contributed by atoms with Gasteiger partial charge in [0.1, 0.15) is 11.8 Å². The number of rotatable bonds is 8. The van der Waals surface area contributed by atoms with Crippen LogP contribution in [0.15, 0.2) is 116 Å². The molecule has 8 heteroatoms. The van der Waals surface area contributed by atoms with E-state index in [4.69, 9.17) is 17.0 Å².